The molecule has 0 fully saturated rings. The number of para-hydroxylation sites is 1. The van der Waals surface area contributed by atoms with Gasteiger partial charge >= 0.3 is 0 Å². The first-order valence-corrected chi connectivity index (χ1v) is 20.9. The predicted molar refractivity (Wildman–Crippen MR) is 253 cm³/mol. The third-order valence-corrected chi connectivity index (χ3v) is 13.1. The van der Waals surface area contributed by atoms with Crippen molar-refractivity contribution in [2.45, 2.75) is 0 Å². The Morgan fingerprint density at radius 3 is 1.78 bits per heavy atom. The normalized spacial score (nSPS) is 11.7. The molecule has 12 rings (SSSR count). The number of thiophene rings is 1. The number of rotatable bonds is 6. The monoisotopic (exact) mass is 769 g/mol. The Balaban J connectivity index is 1.01. The minimum absolute atomic E-state index is 0.894. The van der Waals surface area contributed by atoms with Gasteiger partial charge in [-0.05, 0) is 92.5 Å². The van der Waals surface area contributed by atoms with Crippen LogP contribution < -0.4 is 4.90 Å². The van der Waals surface area contributed by atoms with Crippen LogP contribution in [0.2, 0.25) is 0 Å². The second kappa shape index (κ2) is 13.6. The summed E-state index contributed by atoms with van der Waals surface area (Å²) in [6, 6.07) is 76.8. The summed E-state index contributed by atoms with van der Waals surface area (Å²) in [7, 11) is 0. The molecule has 0 unspecified atom stereocenters. The second-order valence-electron chi connectivity index (χ2n) is 15.2. The van der Waals surface area contributed by atoms with Gasteiger partial charge in [0.2, 0.25) is 0 Å². The molecule has 0 spiro atoms. The van der Waals surface area contributed by atoms with E-state index in [1.165, 1.54) is 52.8 Å². The summed E-state index contributed by atoms with van der Waals surface area (Å²) < 4.78 is 9.27. The quantitative estimate of drug-likeness (QED) is 0.157. The number of fused-ring (bicyclic) bond motifs is 9. The van der Waals surface area contributed by atoms with Crippen LogP contribution in [0.4, 0.5) is 17.1 Å². The molecule has 0 aliphatic heterocycles. The van der Waals surface area contributed by atoms with Gasteiger partial charge in [-0.2, -0.15) is 0 Å². The van der Waals surface area contributed by atoms with E-state index < -0.39 is 0 Å². The Bertz CT molecular complexity index is 3540. The van der Waals surface area contributed by atoms with E-state index in [1.54, 1.807) is 0 Å². The van der Waals surface area contributed by atoms with Crippen LogP contribution in [0.3, 0.4) is 0 Å². The van der Waals surface area contributed by atoms with Crippen molar-refractivity contribution in [2.24, 2.45) is 0 Å². The van der Waals surface area contributed by atoms with Crippen LogP contribution in [0.1, 0.15) is 0 Å². The minimum Gasteiger partial charge on any atom is -0.455 e. The van der Waals surface area contributed by atoms with Crippen LogP contribution in [0, 0.1) is 0 Å². The number of hydrogen-bond donors (Lipinski definition) is 0. The molecule has 0 amide bonds. The molecule has 2 aromatic heterocycles. The molecule has 2 heterocycles. The van der Waals surface area contributed by atoms with Crippen molar-refractivity contribution >= 4 is 92.1 Å². The molecule has 0 N–H and O–H groups in total. The number of hydrogen-bond acceptors (Lipinski definition) is 3. The zero-order valence-corrected chi connectivity index (χ0v) is 32.8. The molecule has 2 nitrogen and oxygen atoms in total. The van der Waals surface area contributed by atoms with Crippen molar-refractivity contribution in [3.63, 3.8) is 0 Å². The van der Waals surface area contributed by atoms with E-state index in [2.05, 4.69) is 211 Å². The predicted octanol–water partition coefficient (Wildman–Crippen LogP) is 16.7. The Kier molecular flexibility index (Phi) is 7.75. The van der Waals surface area contributed by atoms with E-state index in [0.29, 0.717) is 0 Å². The fourth-order valence-corrected chi connectivity index (χ4v) is 10.4. The average Bonchev–Trinajstić information content (AvgIpc) is 3.89. The molecule has 12 aromatic rings. The maximum Gasteiger partial charge on any atom is 0.143 e. The lowest BCUT2D eigenvalue weighted by Gasteiger charge is -2.27. The van der Waals surface area contributed by atoms with Crippen molar-refractivity contribution < 1.29 is 4.42 Å². The van der Waals surface area contributed by atoms with Crippen molar-refractivity contribution in [3.8, 4) is 33.4 Å². The van der Waals surface area contributed by atoms with E-state index in [-0.39, 0.29) is 0 Å². The molecule has 0 aliphatic rings. The summed E-state index contributed by atoms with van der Waals surface area (Å²) in [5.41, 5.74) is 12.1. The highest BCUT2D eigenvalue weighted by Gasteiger charge is 2.20. The summed E-state index contributed by atoms with van der Waals surface area (Å²) in [6.45, 7) is 0. The van der Waals surface area contributed by atoms with Gasteiger partial charge < -0.3 is 9.32 Å². The van der Waals surface area contributed by atoms with Gasteiger partial charge in [0, 0.05) is 53.3 Å². The third kappa shape index (κ3) is 5.47. The molecule has 0 aliphatic carbocycles. The van der Waals surface area contributed by atoms with Crippen molar-refractivity contribution in [1.82, 2.24) is 0 Å². The fraction of sp³-hybridized carbons (Fsp3) is 0. The van der Waals surface area contributed by atoms with Crippen LogP contribution in [0.5, 0.6) is 0 Å². The minimum atomic E-state index is 0.894. The molecule has 0 bridgehead atoms. The topological polar surface area (TPSA) is 16.4 Å². The highest BCUT2D eigenvalue weighted by atomic mass is 32.1. The van der Waals surface area contributed by atoms with Crippen molar-refractivity contribution in [2.75, 3.05) is 4.90 Å². The molecule has 0 saturated heterocycles. The molecule has 0 saturated carbocycles. The van der Waals surface area contributed by atoms with Crippen LogP contribution in [-0.2, 0) is 0 Å². The standard InChI is InChI=1S/C56H35NOS/c1-2-12-36(13-3-1)44-35-34-43(54-50-17-6-8-22-52(50)58-55(44)54)38-24-29-40(30-25-38)57(51-21-11-19-46-42-15-5-4-14-37(42)28-33-47(46)51)41-31-26-39(27-32-41)45-18-10-20-49-48-16-7-9-23-53(48)59-56(45)49/h1-35H. The summed E-state index contributed by atoms with van der Waals surface area (Å²) in [5.74, 6) is 0. The van der Waals surface area contributed by atoms with Crippen LogP contribution in [0.15, 0.2) is 217 Å². The highest BCUT2D eigenvalue weighted by molar-refractivity contribution is 7.26. The lowest BCUT2D eigenvalue weighted by Crippen LogP contribution is -2.10. The van der Waals surface area contributed by atoms with Gasteiger partial charge in [0.1, 0.15) is 11.2 Å². The smallest absolute Gasteiger partial charge is 0.143 e. The lowest BCUT2D eigenvalue weighted by molar-refractivity contribution is 0.670. The average molecular weight is 770 g/mol. The highest BCUT2D eigenvalue weighted by Crippen LogP contribution is 2.46. The Morgan fingerprint density at radius 2 is 0.966 bits per heavy atom. The molecule has 0 atom stereocenters. The first-order valence-electron chi connectivity index (χ1n) is 20.1. The van der Waals surface area contributed by atoms with Gasteiger partial charge in [-0.25, -0.2) is 0 Å². The SMILES string of the molecule is c1ccc(-c2ccc(-c3ccc(N(c4ccc(-c5cccc6c5sc5ccccc56)cc4)c4cccc5c4ccc4ccccc45)cc3)c3c2oc2ccccc23)cc1. The molecule has 10 aromatic carbocycles. The first kappa shape index (κ1) is 33.7. The molecule has 0 radical (unpaired) electrons. The molecule has 276 valence electrons. The van der Waals surface area contributed by atoms with Gasteiger partial charge in [-0.3, -0.25) is 0 Å². The number of benzene rings is 10. The molecular weight excluding hydrogens is 735 g/mol. The zero-order chi connectivity index (χ0) is 38.9. The molecule has 3 heteroatoms. The van der Waals surface area contributed by atoms with Crippen LogP contribution >= 0.6 is 11.3 Å². The van der Waals surface area contributed by atoms with Gasteiger partial charge in [-0.15, -0.1) is 11.3 Å². The van der Waals surface area contributed by atoms with Gasteiger partial charge in [0.05, 0.1) is 5.69 Å². The van der Waals surface area contributed by atoms with Gasteiger partial charge in [-0.1, -0.05) is 164 Å². The fourth-order valence-electron chi connectivity index (χ4n) is 9.11. The van der Waals surface area contributed by atoms with Gasteiger partial charge in [0.15, 0.2) is 0 Å². The Morgan fingerprint density at radius 1 is 0.356 bits per heavy atom. The third-order valence-electron chi connectivity index (χ3n) is 11.9. The summed E-state index contributed by atoms with van der Waals surface area (Å²) in [4.78, 5) is 2.41. The molecular formula is C56H35NOS. The van der Waals surface area contributed by atoms with E-state index in [1.807, 2.05) is 17.4 Å². The number of anilines is 3. The number of furan rings is 1. The zero-order valence-electron chi connectivity index (χ0n) is 32.0. The maximum absolute atomic E-state index is 6.62. The second-order valence-corrected chi connectivity index (χ2v) is 16.2. The Hall–Kier alpha value is -7.46. The largest absolute Gasteiger partial charge is 0.455 e. The molecule has 59 heavy (non-hydrogen) atoms. The van der Waals surface area contributed by atoms with E-state index >= 15 is 0 Å². The van der Waals surface area contributed by atoms with Crippen molar-refractivity contribution in [3.05, 3.63) is 212 Å². The summed E-state index contributed by atoms with van der Waals surface area (Å²) in [5, 5.41) is 9.83. The van der Waals surface area contributed by atoms with E-state index in [4.69, 9.17) is 4.42 Å². The van der Waals surface area contributed by atoms with E-state index in [9.17, 15) is 0 Å². The first-order chi connectivity index (χ1) is 29.3. The number of nitrogens with zero attached hydrogens (tertiary/aromatic N) is 1. The van der Waals surface area contributed by atoms with E-state index in [0.717, 1.165) is 61.3 Å². The van der Waals surface area contributed by atoms with Crippen molar-refractivity contribution in [1.29, 1.82) is 0 Å². The van der Waals surface area contributed by atoms with Gasteiger partial charge in [0.25, 0.3) is 0 Å². The summed E-state index contributed by atoms with van der Waals surface area (Å²) in [6.07, 6.45) is 0. The Labute approximate surface area is 345 Å². The van der Waals surface area contributed by atoms with Crippen LogP contribution in [0.25, 0.3) is 97.0 Å². The lowest BCUT2D eigenvalue weighted by atomic mass is 9.94. The maximum atomic E-state index is 6.62. The summed E-state index contributed by atoms with van der Waals surface area (Å²) >= 11 is 1.87. The van der Waals surface area contributed by atoms with Crippen LogP contribution in [-0.4, -0.2) is 0 Å².